The van der Waals surface area contributed by atoms with Crippen molar-refractivity contribution in [2.75, 3.05) is 11.6 Å². The van der Waals surface area contributed by atoms with Gasteiger partial charge in [-0.25, -0.2) is 19.0 Å². The highest BCUT2D eigenvalue weighted by molar-refractivity contribution is 6.52. The largest absolute Gasteiger partial charge is 0.340 e. The van der Waals surface area contributed by atoms with E-state index in [2.05, 4.69) is 0 Å². The lowest BCUT2D eigenvalue weighted by Crippen LogP contribution is -2.43. The van der Waals surface area contributed by atoms with E-state index in [1.54, 1.807) is 36.4 Å². The third-order valence-corrected chi connectivity index (χ3v) is 5.03. The van der Waals surface area contributed by atoms with Crippen molar-refractivity contribution in [1.82, 2.24) is 9.80 Å². The van der Waals surface area contributed by atoms with Crippen molar-refractivity contribution in [3.63, 3.8) is 0 Å². The molecule has 1 saturated heterocycles. The van der Waals surface area contributed by atoms with Crippen molar-refractivity contribution in [2.45, 2.75) is 32.4 Å². The van der Waals surface area contributed by atoms with Crippen LogP contribution in [0.3, 0.4) is 0 Å². The number of carbonyl (C=O) groups is 3. The van der Waals surface area contributed by atoms with Crippen LogP contribution < -0.4 is 4.90 Å². The first kappa shape index (κ1) is 18.3. The molecule has 2 aromatic carbocycles. The molecule has 1 aliphatic heterocycles. The maximum Gasteiger partial charge on any atom is 0.340 e. The van der Waals surface area contributed by atoms with Crippen LogP contribution in [0.1, 0.15) is 24.0 Å². The predicted octanol–water partition coefficient (Wildman–Crippen LogP) is 3.05. The monoisotopic (exact) mass is 381 g/mol. The molecule has 4 amide bonds. The first-order valence-electron chi connectivity index (χ1n) is 9.19. The van der Waals surface area contributed by atoms with E-state index in [1.165, 1.54) is 12.1 Å². The second kappa shape index (κ2) is 7.16. The molecule has 4 rings (SSSR count). The molecule has 7 heteroatoms. The number of aryl methyl sites for hydroxylation is 1. The number of benzene rings is 2. The maximum atomic E-state index is 13.1. The Morgan fingerprint density at radius 3 is 2.21 bits per heavy atom. The normalized spacial score (nSPS) is 17.2. The smallest absolute Gasteiger partial charge is 0.278 e. The van der Waals surface area contributed by atoms with Gasteiger partial charge in [0.1, 0.15) is 5.82 Å². The molecule has 28 heavy (non-hydrogen) atoms. The molecule has 0 atom stereocenters. The summed E-state index contributed by atoms with van der Waals surface area (Å²) >= 11 is 0. The minimum Gasteiger partial charge on any atom is -0.278 e. The van der Waals surface area contributed by atoms with Crippen LogP contribution in [0.4, 0.5) is 14.9 Å². The third kappa shape index (κ3) is 3.53. The highest BCUT2D eigenvalue weighted by Gasteiger charge is 2.47. The molecule has 0 unspecified atom stereocenters. The molecule has 1 heterocycles. The average molecular weight is 381 g/mol. The number of rotatable bonds is 6. The van der Waals surface area contributed by atoms with Crippen LogP contribution in [0.5, 0.6) is 0 Å². The first-order valence-corrected chi connectivity index (χ1v) is 9.19. The van der Waals surface area contributed by atoms with Crippen molar-refractivity contribution < 1.29 is 18.8 Å². The van der Waals surface area contributed by atoms with E-state index in [1.807, 2.05) is 11.8 Å². The van der Waals surface area contributed by atoms with Crippen LogP contribution in [0.25, 0.3) is 0 Å². The van der Waals surface area contributed by atoms with Crippen LogP contribution in [0.15, 0.2) is 48.5 Å². The Bertz CT molecular complexity index is 923. The Balaban J connectivity index is 1.53. The average Bonchev–Trinajstić information content (AvgIpc) is 3.50. The van der Waals surface area contributed by atoms with E-state index in [9.17, 15) is 18.8 Å². The number of hydrogen-bond acceptors (Lipinski definition) is 4. The lowest BCUT2D eigenvalue weighted by atomic mass is 10.2. The van der Waals surface area contributed by atoms with Crippen LogP contribution in [0.2, 0.25) is 0 Å². The number of amides is 4. The van der Waals surface area contributed by atoms with E-state index >= 15 is 0 Å². The predicted molar refractivity (Wildman–Crippen MR) is 101 cm³/mol. The molecule has 0 radical (unpaired) electrons. The zero-order valence-electron chi connectivity index (χ0n) is 15.5. The fourth-order valence-electron chi connectivity index (χ4n) is 3.29. The zero-order valence-corrected chi connectivity index (χ0v) is 15.5. The number of halogens is 1. The number of hydrogen-bond donors (Lipinski definition) is 0. The van der Waals surface area contributed by atoms with Crippen LogP contribution >= 0.6 is 0 Å². The fourth-order valence-corrected chi connectivity index (χ4v) is 3.29. The Labute approximate surface area is 162 Å². The summed E-state index contributed by atoms with van der Waals surface area (Å²) in [5.74, 6) is -1.98. The summed E-state index contributed by atoms with van der Waals surface area (Å²) in [5.41, 5.74) is 2.26. The molecule has 0 N–H and O–H groups in total. The van der Waals surface area contributed by atoms with Gasteiger partial charge in [0.2, 0.25) is 0 Å². The van der Waals surface area contributed by atoms with E-state index in [0.717, 1.165) is 33.8 Å². The number of anilines is 1. The number of carbonyl (C=O) groups excluding carboxylic acids is 3. The number of imide groups is 2. The minimum absolute atomic E-state index is 0.0355. The molecule has 0 spiro atoms. The maximum absolute atomic E-state index is 13.1. The SMILES string of the molecule is Cc1ccc(N2C(=O)C(=O)N(CN(Cc3ccc(F)cc3)C3CC3)C2=O)cc1. The lowest BCUT2D eigenvalue weighted by molar-refractivity contribution is -0.140. The van der Waals surface area contributed by atoms with Gasteiger partial charge in [-0.2, -0.15) is 0 Å². The Morgan fingerprint density at radius 1 is 0.964 bits per heavy atom. The molecule has 0 bridgehead atoms. The van der Waals surface area contributed by atoms with Gasteiger partial charge in [-0.1, -0.05) is 29.8 Å². The first-order chi connectivity index (χ1) is 13.4. The number of nitrogens with zero attached hydrogens (tertiary/aromatic N) is 3. The molecule has 2 aliphatic rings. The summed E-state index contributed by atoms with van der Waals surface area (Å²) in [4.78, 5) is 41.6. The highest BCUT2D eigenvalue weighted by atomic mass is 19.1. The van der Waals surface area contributed by atoms with Crippen molar-refractivity contribution in [2.24, 2.45) is 0 Å². The quantitative estimate of drug-likeness (QED) is 0.570. The molecular formula is C21H20FN3O3. The third-order valence-electron chi connectivity index (χ3n) is 5.03. The lowest BCUT2D eigenvalue weighted by Gasteiger charge is -2.26. The van der Waals surface area contributed by atoms with Crippen LogP contribution in [-0.2, 0) is 16.1 Å². The van der Waals surface area contributed by atoms with Crippen LogP contribution in [0, 0.1) is 12.7 Å². The summed E-state index contributed by atoms with van der Waals surface area (Å²) in [5, 5.41) is 0. The van der Waals surface area contributed by atoms with Gasteiger partial charge in [0.25, 0.3) is 0 Å². The van der Waals surface area contributed by atoms with Crippen molar-refractivity contribution >= 4 is 23.5 Å². The van der Waals surface area contributed by atoms with E-state index < -0.39 is 17.8 Å². The Hall–Kier alpha value is -3.06. The van der Waals surface area contributed by atoms with E-state index in [0.29, 0.717) is 12.2 Å². The number of urea groups is 1. The van der Waals surface area contributed by atoms with Gasteiger partial charge in [0.15, 0.2) is 0 Å². The molecule has 6 nitrogen and oxygen atoms in total. The van der Waals surface area contributed by atoms with Gasteiger partial charge < -0.3 is 0 Å². The van der Waals surface area contributed by atoms with Gasteiger partial charge in [0.05, 0.1) is 12.4 Å². The summed E-state index contributed by atoms with van der Waals surface area (Å²) in [7, 11) is 0. The second-order valence-electron chi connectivity index (χ2n) is 7.24. The molecule has 144 valence electrons. The summed E-state index contributed by atoms with van der Waals surface area (Å²) in [6.07, 6.45) is 1.93. The van der Waals surface area contributed by atoms with Crippen molar-refractivity contribution in [3.8, 4) is 0 Å². The minimum atomic E-state index is -0.841. The van der Waals surface area contributed by atoms with Crippen LogP contribution in [-0.4, -0.2) is 40.4 Å². The molecule has 2 fully saturated rings. The van der Waals surface area contributed by atoms with Gasteiger partial charge in [-0.05, 0) is 49.6 Å². The topological polar surface area (TPSA) is 60.9 Å². The van der Waals surface area contributed by atoms with E-state index in [-0.39, 0.29) is 18.5 Å². The Morgan fingerprint density at radius 2 is 1.61 bits per heavy atom. The Kier molecular flexibility index (Phi) is 4.68. The standard InChI is InChI=1S/C21H20FN3O3/c1-14-2-8-18(9-3-14)25-20(27)19(26)24(21(25)28)13-23(17-10-11-17)12-15-4-6-16(22)7-5-15/h2-9,17H,10-13H2,1H3. The van der Waals surface area contributed by atoms with Gasteiger partial charge >= 0.3 is 17.8 Å². The summed E-state index contributed by atoms with van der Waals surface area (Å²) in [6, 6.07) is 12.6. The van der Waals surface area contributed by atoms with Gasteiger partial charge in [-0.3, -0.25) is 14.5 Å². The van der Waals surface area contributed by atoms with Crippen molar-refractivity contribution in [3.05, 3.63) is 65.5 Å². The van der Waals surface area contributed by atoms with Gasteiger partial charge in [-0.15, -0.1) is 0 Å². The summed E-state index contributed by atoms with van der Waals surface area (Å²) in [6.45, 7) is 2.41. The molecule has 1 saturated carbocycles. The fraction of sp³-hybridized carbons (Fsp3) is 0.286. The molecular weight excluding hydrogens is 361 g/mol. The van der Waals surface area contributed by atoms with E-state index in [4.69, 9.17) is 0 Å². The summed E-state index contributed by atoms with van der Waals surface area (Å²) < 4.78 is 13.1. The van der Waals surface area contributed by atoms with Gasteiger partial charge in [0, 0.05) is 12.6 Å². The zero-order chi connectivity index (χ0) is 19.8. The highest BCUT2D eigenvalue weighted by Crippen LogP contribution is 2.30. The second-order valence-corrected chi connectivity index (χ2v) is 7.24. The molecule has 2 aromatic rings. The van der Waals surface area contributed by atoms with Crippen molar-refractivity contribution in [1.29, 1.82) is 0 Å². The molecule has 1 aliphatic carbocycles. The molecule has 0 aromatic heterocycles.